The zero-order chi connectivity index (χ0) is 12.5. The van der Waals surface area contributed by atoms with E-state index in [1.54, 1.807) is 12.1 Å². The number of nitrogens with two attached hydrogens (primary N) is 1. The van der Waals surface area contributed by atoms with Crippen molar-refractivity contribution in [2.45, 2.75) is 23.8 Å². The van der Waals surface area contributed by atoms with Crippen LogP contribution in [0, 0.1) is 0 Å². The lowest BCUT2D eigenvalue weighted by Gasteiger charge is -2.09. The second-order valence-corrected chi connectivity index (χ2v) is 5.89. The van der Waals surface area contributed by atoms with Crippen LogP contribution in [-0.2, 0) is 16.4 Å². The fourth-order valence-corrected chi connectivity index (χ4v) is 3.10. The monoisotopic (exact) mass is 256 g/mol. The molecule has 1 aliphatic rings. The van der Waals surface area contributed by atoms with Crippen LogP contribution in [0.4, 0.5) is 0 Å². The zero-order valence-corrected chi connectivity index (χ0v) is 10.2. The van der Waals surface area contributed by atoms with Crippen molar-refractivity contribution in [2.24, 2.45) is 5.73 Å². The SMILES string of the molecule is NC1CCc2ccc(S(=O)(=O)NCCO)cc21. The second-order valence-electron chi connectivity index (χ2n) is 4.13. The number of sulfonamides is 1. The van der Waals surface area contributed by atoms with Gasteiger partial charge in [-0.05, 0) is 36.1 Å². The van der Waals surface area contributed by atoms with Crippen molar-refractivity contribution in [1.82, 2.24) is 4.72 Å². The molecule has 17 heavy (non-hydrogen) atoms. The molecule has 1 atom stereocenters. The molecule has 0 amide bonds. The standard InChI is InChI=1S/C11H16N2O3S/c12-11-4-2-8-1-3-9(7-10(8)11)17(15,16)13-5-6-14/h1,3,7,11,13-14H,2,4-6,12H2. The Hall–Kier alpha value is -0.950. The second kappa shape index (κ2) is 4.73. The molecule has 0 radical (unpaired) electrons. The Balaban J connectivity index is 2.32. The van der Waals surface area contributed by atoms with Gasteiger partial charge < -0.3 is 10.8 Å². The van der Waals surface area contributed by atoms with Gasteiger partial charge in [-0.2, -0.15) is 0 Å². The van der Waals surface area contributed by atoms with Crippen LogP contribution in [0.3, 0.4) is 0 Å². The van der Waals surface area contributed by atoms with Crippen LogP contribution in [0.5, 0.6) is 0 Å². The molecule has 0 saturated heterocycles. The number of nitrogens with one attached hydrogen (secondary N) is 1. The topological polar surface area (TPSA) is 92.4 Å². The summed E-state index contributed by atoms with van der Waals surface area (Å²) in [6.07, 6.45) is 1.77. The van der Waals surface area contributed by atoms with Gasteiger partial charge in [0.15, 0.2) is 0 Å². The third-order valence-electron chi connectivity index (χ3n) is 2.96. The minimum atomic E-state index is -3.53. The first-order valence-electron chi connectivity index (χ1n) is 5.53. The third kappa shape index (κ3) is 2.50. The average molecular weight is 256 g/mol. The highest BCUT2D eigenvalue weighted by Gasteiger charge is 2.22. The van der Waals surface area contributed by atoms with Gasteiger partial charge in [-0.15, -0.1) is 0 Å². The molecule has 6 heteroatoms. The lowest BCUT2D eigenvalue weighted by atomic mass is 10.1. The van der Waals surface area contributed by atoms with Crippen molar-refractivity contribution in [1.29, 1.82) is 0 Å². The van der Waals surface area contributed by atoms with Gasteiger partial charge in [0, 0.05) is 12.6 Å². The molecule has 0 saturated carbocycles. The van der Waals surface area contributed by atoms with Gasteiger partial charge in [0.05, 0.1) is 11.5 Å². The van der Waals surface area contributed by atoms with Crippen molar-refractivity contribution in [3.63, 3.8) is 0 Å². The lowest BCUT2D eigenvalue weighted by Crippen LogP contribution is -2.26. The van der Waals surface area contributed by atoms with Crippen molar-refractivity contribution >= 4 is 10.0 Å². The summed E-state index contributed by atoms with van der Waals surface area (Å²) in [5, 5.41) is 8.63. The normalized spacial score (nSPS) is 19.3. The Morgan fingerprint density at radius 2 is 2.24 bits per heavy atom. The number of benzene rings is 1. The molecular weight excluding hydrogens is 240 g/mol. The van der Waals surface area contributed by atoms with E-state index in [9.17, 15) is 8.42 Å². The predicted molar refractivity (Wildman–Crippen MR) is 64.0 cm³/mol. The first kappa shape index (κ1) is 12.5. The van der Waals surface area contributed by atoms with Gasteiger partial charge in [0.1, 0.15) is 0 Å². The molecule has 0 heterocycles. The Kier molecular flexibility index (Phi) is 3.48. The molecule has 0 aliphatic heterocycles. The van der Waals surface area contributed by atoms with Gasteiger partial charge in [-0.1, -0.05) is 6.07 Å². The van der Waals surface area contributed by atoms with Crippen LogP contribution in [0.1, 0.15) is 23.6 Å². The van der Waals surface area contributed by atoms with Crippen molar-refractivity contribution in [3.05, 3.63) is 29.3 Å². The van der Waals surface area contributed by atoms with E-state index in [-0.39, 0.29) is 24.1 Å². The van der Waals surface area contributed by atoms with Gasteiger partial charge >= 0.3 is 0 Å². The molecule has 1 aromatic carbocycles. The Morgan fingerprint density at radius 1 is 1.47 bits per heavy atom. The van der Waals surface area contributed by atoms with Crippen LogP contribution in [0.2, 0.25) is 0 Å². The summed E-state index contributed by atoms with van der Waals surface area (Å²) in [6, 6.07) is 4.96. The van der Waals surface area contributed by atoms with E-state index in [4.69, 9.17) is 10.8 Å². The number of hydrogen-bond acceptors (Lipinski definition) is 4. The minimum Gasteiger partial charge on any atom is -0.395 e. The lowest BCUT2D eigenvalue weighted by molar-refractivity contribution is 0.301. The summed E-state index contributed by atoms with van der Waals surface area (Å²) >= 11 is 0. The van der Waals surface area contributed by atoms with Gasteiger partial charge in [-0.3, -0.25) is 0 Å². The molecule has 2 rings (SSSR count). The van der Waals surface area contributed by atoms with Crippen LogP contribution in [-0.4, -0.2) is 26.7 Å². The maximum absolute atomic E-state index is 11.8. The summed E-state index contributed by atoms with van der Waals surface area (Å²) < 4.78 is 26.0. The number of aryl methyl sites for hydroxylation is 1. The number of fused-ring (bicyclic) bond motifs is 1. The van der Waals surface area contributed by atoms with E-state index in [0.29, 0.717) is 0 Å². The maximum Gasteiger partial charge on any atom is 0.240 e. The van der Waals surface area contributed by atoms with Gasteiger partial charge in [-0.25, -0.2) is 13.1 Å². The van der Waals surface area contributed by atoms with Crippen molar-refractivity contribution < 1.29 is 13.5 Å². The van der Waals surface area contributed by atoms with E-state index in [1.807, 2.05) is 6.07 Å². The number of rotatable bonds is 4. The largest absolute Gasteiger partial charge is 0.395 e. The summed E-state index contributed by atoms with van der Waals surface area (Å²) in [6.45, 7) is -0.199. The first-order valence-corrected chi connectivity index (χ1v) is 7.02. The summed E-state index contributed by atoms with van der Waals surface area (Å²) in [5.74, 6) is 0. The molecular formula is C11H16N2O3S. The predicted octanol–water partition coefficient (Wildman–Crippen LogP) is -0.0968. The van der Waals surface area contributed by atoms with E-state index in [0.717, 1.165) is 24.0 Å². The molecule has 1 unspecified atom stereocenters. The quantitative estimate of drug-likeness (QED) is 0.701. The molecule has 4 N–H and O–H groups in total. The highest BCUT2D eigenvalue weighted by atomic mass is 32.2. The maximum atomic E-state index is 11.8. The van der Waals surface area contributed by atoms with E-state index in [2.05, 4.69) is 4.72 Å². The molecule has 5 nitrogen and oxygen atoms in total. The Bertz CT molecular complexity index is 513. The van der Waals surface area contributed by atoms with E-state index in [1.165, 1.54) is 0 Å². The van der Waals surface area contributed by atoms with Crippen molar-refractivity contribution in [3.8, 4) is 0 Å². The molecule has 94 valence electrons. The smallest absolute Gasteiger partial charge is 0.240 e. The molecule has 0 fully saturated rings. The summed E-state index contributed by atoms with van der Waals surface area (Å²) in [4.78, 5) is 0.210. The average Bonchev–Trinajstić information content (AvgIpc) is 2.68. The number of aliphatic hydroxyl groups excluding tert-OH is 1. The first-order chi connectivity index (χ1) is 8.04. The fraction of sp³-hybridized carbons (Fsp3) is 0.455. The zero-order valence-electron chi connectivity index (χ0n) is 9.39. The highest BCUT2D eigenvalue weighted by molar-refractivity contribution is 7.89. The van der Waals surface area contributed by atoms with Crippen molar-refractivity contribution in [2.75, 3.05) is 13.2 Å². The Morgan fingerprint density at radius 3 is 2.94 bits per heavy atom. The highest BCUT2D eigenvalue weighted by Crippen LogP contribution is 2.30. The van der Waals surface area contributed by atoms with Crippen LogP contribution >= 0.6 is 0 Å². The summed E-state index contributed by atoms with van der Waals surface area (Å²) in [5.41, 5.74) is 7.94. The molecule has 1 aliphatic carbocycles. The number of hydrogen-bond donors (Lipinski definition) is 3. The van der Waals surface area contributed by atoms with Gasteiger partial charge in [0.2, 0.25) is 10.0 Å². The number of aliphatic hydroxyl groups is 1. The van der Waals surface area contributed by atoms with Crippen LogP contribution in [0.25, 0.3) is 0 Å². The van der Waals surface area contributed by atoms with Gasteiger partial charge in [0.25, 0.3) is 0 Å². The third-order valence-corrected chi connectivity index (χ3v) is 4.41. The minimum absolute atomic E-state index is 0.0193. The Labute approximate surface area is 101 Å². The van der Waals surface area contributed by atoms with Crippen LogP contribution in [0.15, 0.2) is 23.1 Å². The molecule has 1 aromatic rings. The molecule has 0 aromatic heterocycles. The molecule has 0 spiro atoms. The van der Waals surface area contributed by atoms with Crippen LogP contribution < -0.4 is 10.5 Å². The fourth-order valence-electron chi connectivity index (χ4n) is 2.04. The summed E-state index contributed by atoms with van der Waals surface area (Å²) in [7, 11) is -3.53. The van der Waals surface area contributed by atoms with E-state index < -0.39 is 10.0 Å². The van der Waals surface area contributed by atoms with E-state index >= 15 is 0 Å². The molecule has 0 bridgehead atoms.